The van der Waals surface area contributed by atoms with Crippen molar-refractivity contribution < 1.29 is 23.1 Å². The second kappa shape index (κ2) is 6.56. The van der Waals surface area contributed by atoms with Crippen molar-refractivity contribution in [3.8, 4) is 0 Å². The number of carbonyl (C=O) groups is 2. The molecule has 0 bridgehead atoms. The first-order valence-electron chi connectivity index (χ1n) is 7.12. The molecule has 0 spiro atoms. The van der Waals surface area contributed by atoms with Crippen molar-refractivity contribution in [3.63, 3.8) is 0 Å². The van der Waals surface area contributed by atoms with E-state index in [0.717, 1.165) is 17.4 Å². The van der Waals surface area contributed by atoms with Crippen molar-refractivity contribution in [2.24, 2.45) is 12.0 Å². The molecule has 3 aromatic rings. The highest BCUT2D eigenvalue weighted by molar-refractivity contribution is 7.16. The maximum Gasteiger partial charge on any atom is 0.337 e. The number of ether oxygens (including phenoxy) is 1. The summed E-state index contributed by atoms with van der Waals surface area (Å²) in [4.78, 5) is 27.9. The number of hydrogen-bond donors (Lipinski definition) is 0. The Morgan fingerprint density at radius 3 is 2.40 bits per heavy atom. The van der Waals surface area contributed by atoms with Crippen LogP contribution in [0, 0.1) is 11.6 Å². The van der Waals surface area contributed by atoms with Crippen molar-refractivity contribution in [2.75, 3.05) is 7.11 Å². The van der Waals surface area contributed by atoms with Crippen LogP contribution in [0.25, 0.3) is 10.2 Å². The Balaban J connectivity index is 2.01. The van der Waals surface area contributed by atoms with Crippen LogP contribution in [0.1, 0.15) is 20.7 Å². The molecule has 1 heterocycles. The van der Waals surface area contributed by atoms with E-state index in [-0.39, 0.29) is 15.9 Å². The van der Waals surface area contributed by atoms with Crippen LogP contribution in [0.15, 0.2) is 41.4 Å². The summed E-state index contributed by atoms with van der Waals surface area (Å²) in [5, 5.41) is 0. The molecule has 0 aliphatic rings. The van der Waals surface area contributed by atoms with Gasteiger partial charge in [0.1, 0.15) is 5.82 Å². The van der Waals surface area contributed by atoms with Gasteiger partial charge in [0.25, 0.3) is 5.91 Å². The van der Waals surface area contributed by atoms with Crippen molar-refractivity contribution in [2.45, 2.75) is 0 Å². The molecule has 0 saturated carbocycles. The normalized spacial score (nSPS) is 11.8. The summed E-state index contributed by atoms with van der Waals surface area (Å²) >= 11 is 1.01. The first-order chi connectivity index (χ1) is 11.9. The van der Waals surface area contributed by atoms with Crippen molar-refractivity contribution >= 4 is 33.4 Å². The first kappa shape index (κ1) is 17.0. The van der Waals surface area contributed by atoms with Crippen LogP contribution in [0.4, 0.5) is 8.78 Å². The van der Waals surface area contributed by atoms with Gasteiger partial charge >= 0.3 is 5.97 Å². The fraction of sp³-hybridized carbons (Fsp3) is 0.118. The number of aromatic nitrogens is 1. The summed E-state index contributed by atoms with van der Waals surface area (Å²) in [6.45, 7) is 0. The molecular weight excluding hydrogens is 350 g/mol. The number of benzene rings is 2. The second-order valence-corrected chi connectivity index (χ2v) is 6.17. The van der Waals surface area contributed by atoms with E-state index >= 15 is 0 Å². The molecule has 0 unspecified atom stereocenters. The van der Waals surface area contributed by atoms with E-state index in [0.29, 0.717) is 10.3 Å². The quantitative estimate of drug-likeness (QED) is 0.659. The van der Waals surface area contributed by atoms with Crippen LogP contribution in [0.2, 0.25) is 0 Å². The summed E-state index contributed by atoms with van der Waals surface area (Å²) in [5.41, 5.74) is 0.750. The molecule has 2 aromatic carbocycles. The van der Waals surface area contributed by atoms with Gasteiger partial charge in [-0.3, -0.25) is 4.79 Å². The Morgan fingerprint density at radius 1 is 1.12 bits per heavy atom. The number of aryl methyl sites for hydroxylation is 1. The van der Waals surface area contributed by atoms with E-state index in [1.165, 1.54) is 42.0 Å². The fourth-order valence-corrected chi connectivity index (χ4v) is 3.38. The van der Waals surface area contributed by atoms with Crippen LogP contribution >= 0.6 is 11.3 Å². The predicted molar refractivity (Wildman–Crippen MR) is 88.4 cm³/mol. The largest absolute Gasteiger partial charge is 0.465 e. The average molecular weight is 362 g/mol. The third-order valence-corrected chi connectivity index (χ3v) is 4.65. The number of hydrogen-bond acceptors (Lipinski definition) is 4. The maximum absolute atomic E-state index is 13.9. The van der Waals surface area contributed by atoms with Crippen LogP contribution in [0.3, 0.4) is 0 Å². The lowest BCUT2D eigenvalue weighted by molar-refractivity contribution is 0.0600. The maximum atomic E-state index is 13.9. The number of carbonyl (C=O) groups excluding carboxylic acids is 2. The van der Waals surface area contributed by atoms with Gasteiger partial charge in [0.2, 0.25) is 0 Å². The molecule has 0 fully saturated rings. The van der Waals surface area contributed by atoms with E-state index < -0.39 is 23.5 Å². The van der Waals surface area contributed by atoms with E-state index in [4.69, 9.17) is 0 Å². The van der Waals surface area contributed by atoms with E-state index in [1.807, 2.05) is 0 Å². The molecule has 3 rings (SSSR count). The van der Waals surface area contributed by atoms with Gasteiger partial charge in [-0.2, -0.15) is 4.99 Å². The summed E-state index contributed by atoms with van der Waals surface area (Å²) in [6, 6.07) is 7.78. The van der Waals surface area contributed by atoms with Gasteiger partial charge in [-0.25, -0.2) is 13.6 Å². The standard InChI is InChI=1S/C17H12F2N2O3S/c1-21-14-12(19)7-11(18)8-13(14)25-17(21)20-15(22)9-3-5-10(6-4-9)16(23)24-2/h3-8H,1-2H3. The molecule has 25 heavy (non-hydrogen) atoms. The number of rotatable bonds is 2. The number of thiazole rings is 1. The Kier molecular flexibility index (Phi) is 4.45. The van der Waals surface area contributed by atoms with Crippen molar-refractivity contribution in [1.29, 1.82) is 0 Å². The highest BCUT2D eigenvalue weighted by atomic mass is 32.1. The number of esters is 1. The summed E-state index contributed by atoms with van der Waals surface area (Å²) in [5.74, 6) is -2.47. The molecule has 0 aliphatic carbocycles. The Morgan fingerprint density at radius 2 is 1.76 bits per heavy atom. The lowest BCUT2D eigenvalue weighted by atomic mass is 10.1. The summed E-state index contributed by atoms with van der Waals surface area (Å²) in [6.07, 6.45) is 0. The lowest BCUT2D eigenvalue weighted by Crippen LogP contribution is -2.14. The Bertz CT molecular complexity index is 1050. The molecule has 8 heteroatoms. The fourth-order valence-electron chi connectivity index (χ4n) is 2.32. The van der Waals surface area contributed by atoms with Gasteiger partial charge in [0.05, 0.1) is 22.9 Å². The summed E-state index contributed by atoms with van der Waals surface area (Å²) < 4.78 is 33.6. The number of nitrogens with zero attached hydrogens (tertiary/aromatic N) is 2. The zero-order chi connectivity index (χ0) is 18.1. The molecular formula is C17H12F2N2O3S. The van der Waals surface area contributed by atoms with Gasteiger partial charge in [-0.15, -0.1) is 0 Å². The van der Waals surface area contributed by atoms with Gasteiger partial charge in [0.15, 0.2) is 10.6 Å². The lowest BCUT2D eigenvalue weighted by Gasteiger charge is -2.00. The molecule has 0 saturated heterocycles. The number of methoxy groups -OCH3 is 1. The van der Waals surface area contributed by atoms with Crippen LogP contribution < -0.4 is 4.80 Å². The molecule has 128 valence electrons. The molecule has 0 aliphatic heterocycles. The monoisotopic (exact) mass is 362 g/mol. The van der Waals surface area contributed by atoms with E-state index in [9.17, 15) is 18.4 Å². The smallest absolute Gasteiger partial charge is 0.337 e. The van der Waals surface area contributed by atoms with Gasteiger partial charge in [-0.05, 0) is 30.3 Å². The Hall–Kier alpha value is -2.87. The molecule has 1 amide bonds. The zero-order valence-corrected chi connectivity index (χ0v) is 14.1. The molecule has 0 radical (unpaired) electrons. The zero-order valence-electron chi connectivity index (χ0n) is 13.2. The van der Waals surface area contributed by atoms with Gasteiger partial charge < -0.3 is 9.30 Å². The molecule has 0 N–H and O–H groups in total. The first-order valence-corrected chi connectivity index (χ1v) is 7.94. The predicted octanol–water partition coefficient (Wildman–Crippen LogP) is 3.05. The van der Waals surface area contributed by atoms with E-state index in [1.54, 1.807) is 7.05 Å². The number of halogens is 2. The van der Waals surface area contributed by atoms with Crippen LogP contribution in [-0.4, -0.2) is 23.6 Å². The minimum absolute atomic E-state index is 0.180. The summed E-state index contributed by atoms with van der Waals surface area (Å²) in [7, 11) is 2.81. The van der Waals surface area contributed by atoms with Gasteiger partial charge in [-0.1, -0.05) is 11.3 Å². The number of amides is 1. The topological polar surface area (TPSA) is 60.7 Å². The molecule has 5 nitrogen and oxygen atoms in total. The number of fused-ring (bicyclic) bond motifs is 1. The SMILES string of the molecule is COC(=O)c1ccc(C(=O)N=c2sc3cc(F)cc(F)c3n2C)cc1. The average Bonchev–Trinajstić information content (AvgIpc) is 2.89. The highest BCUT2D eigenvalue weighted by Gasteiger charge is 2.13. The third kappa shape index (κ3) is 3.20. The second-order valence-electron chi connectivity index (χ2n) is 5.16. The van der Waals surface area contributed by atoms with Crippen molar-refractivity contribution in [3.05, 3.63) is 64.0 Å². The minimum atomic E-state index is -0.718. The molecule has 0 atom stereocenters. The highest BCUT2D eigenvalue weighted by Crippen LogP contribution is 2.21. The van der Waals surface area contributed by atoms with Crippen molar-refractivity contribution in [1.82, 2.24) is 4.57 Å². The van der Waals surface area contributed by atoms with Gasteiger partial charge in [0, 0.05) is 18.7 Å². The van der Waals surface area contributed by atoms with Crippen LogP contribution in [-0.2, 0) is 11.8 Å². The molecule has 1 aromatic heterocycles. The Labute approximate surface area is 144 Å². The minimum Gasteiger partial charge on any atom is -0.465 e. The third-order valence-electron chi connectivity index (χ3n) is 3.57. The van der Waals surface area contributed by atoms with Crippen LogP contribution in [0.5, 0.6) is 0 Å². The van der Waals surface area contributed by atoms with E-state index in [2.05, 4.69) is 9.73 Å².